The van der Waals surface area contributed by atoms with E-state index in [4.69, 9.17) is 13.9 Å². The maximum Gasteiger partial charge on any atom is 0.338 e. The Morgan fingerprint density at radius 2 is 1.79 bits per heavy atom. The molecule has 2 aromatic carbocycles. The summed E-state index contributed by atoms with van der Waals surface area (Å²) in [4.78, 5) is 24.0. The highest BCUT2D eigenvalue weighted by Gasteiger charge is 2.40. The molecule has 0 saturated carbocycles. The zero-order valence-electron chi connectivity index (χ0n) is 15.6. The van der Waals surface area contributed by atoms with Gasteiger partial charge in [0.1, 0.15) is 23.0 Å². The molecule has 0 aliphatic carbocycles. The van der Waals surface area contributed by atoms with Crippen LogP contribution in [0.15, 0.2) is 45.6 Å². The van der Waals surface area contributed by atoms with Gasteiger partial charge in [-0.1, -0.05) is 0 Å². The normalized spacial score (nSPS) is 17.4. The lowest BCUT2D eigenvalue weighted by Crippen LogP contribution is -2.48. The van der Waals surface area contributed by atoms with Crippen molar-refractivity contribution in [2.75, 3.05) is 0 Å². The first-order valence-electron chi connectivity index (χ1n) is 8.86. The topological polar surface area (TPSA) is 126 Å². The standard InChI is InChI=1S/C21H18O8/c1-21(2)17(28-20(26)12-6-13(22)19(25)14(23)7-12)8-11-5-10-3-4-18(24)27-15(10)9-16(11)29-21/h3-7,9,17,22-23,25H,8H2,1-2H3. The highest BCUT2D eigenvalue weighted by atomic mass is 16.6. The van der Waals surface area contributed by atoms with Gasteiger partial charge in [0, 0.05) is 23.9 Å². The molecule has 1 aliphatic heterocycles. The van der Waals surface area contributed by atoms with Crippen LogP contribution in [0.5, 0.6) is 23.0 Å². The fourth-order valence-corrected chi connectivity index (χ4v) is 3.30. The molecule has 0 radical (unpaired) electrons. The Morgan fingerprint density at radius 3 is 2.48 bits per heavy atom. The van der Waals surface area contributed by atoms with Gasteiger partial charge in [-0.25, -0.2) is 9.59 Å². The van der Waals surface area contributed by atoms with Crippen molar-refractivity contribution >= 4 is 16.9 Å². The monoisotopic (exact) mass is 398 g/mol. The van der Waals surface area contributed by atoms with Crippen LogP contribution >= 0.6 is 0 Å². The van der Waals surface area contributed by atoms with Gasteiger partial charge >= 0.3 is 11.6 Å². The summed E-state index contributed by atoms with van der Waals surface area (Å²) in [6.07, 6.45) is -0.326. The molecule has 0 saturated heterocycles. The average molecular weight is 398 g/mol. The van der Waals surface area contributed by atoms with Crippen molar-refractivity contribution in [1.29, 1.82) is 0 Å². The van der Waals surface area contributed by atoms with E-state index < -0.39 is 40.5 Å². The number of rotatable bonds is 2. The molecule has 8 nitrogen and oxygen atoms in total. The molecule has 0 fully saturated rings. The number of carbonyl (C=O) groups is 1. The number of benzene rings is 2. The van der Waals surface area contributed by atoms with Crippen molar-refractivity contribution in [2.24, 2.45) is 0 Å². The number of fused-ring (bicyclic) bond motifs is 2. The third kappa shape index (κ3) is 3.33. The Bertz CT molecular complexity index is 1170. The molecule has 0 spiro atoms. The maximum atomic E-state index is 12.5. The molecule has 1 atom stereocenters. The fraction of sp³-hybridized carbons (Fsp3) is 0.238. The molecule has 2 heterocycles. The van der Waals surface area contributed by atoms with E-state index in [1.165, 1.54) is 6.07 Å². The first-order valence-corrected chi connectivity index (χ1v) is 8.86. The summed E-state index contributed by atoms with van der Waals surface area (Å²) < 4.78 is 16.8. The molecule has 1 aliphatic rings. The summed E-state index contributed by atoms with van der Waals surface area (Å²) >= 11 is 0. The van der Waals surface area contributed by atoms with Gasteiger partial charge in [-0.05, 0) is 43.7 Å². The zero-order chi connectivity index (χ0) is 20.9. The van der Waals surface area contributed by atoms with E-state index in [1.807, 2.05) is 6.07 Å². The second-order valence-corrected chi connectivity index (χ2v) is 7.42. The van der Waals surface area contributed by atoms with Crippen molar-refractivity contribution in [3.8, 4) is 23.0 Å². The van der Waals surface area contributed by atoms with Gasteiger partial charge in [0.15, 0.2) is 17.2 Å². The summed E-state index contributed by atoms with van der Waals surface area (Å²) in [5.74, 6) is -2.23. The van der Waals surface area contributed by atoms with Crippen molar-refractivity contribution in [1.82, 2.24) is 0 Å². The minimum atomic E-state index is -0.896. The molecule has 8 heteroatoms. The van der Waals surface area contributed by atoms with E-state index in [2.05, 4.69) is 0 Å². The van der Waals surface area contributed by atoms with E-state index in [0.717, 1.165) is 17.7 Å². The number of esters is 1. The third-order valence-electron chi connectivity index (χ3n) is 4.91. The average Bonchev–Trinajstić information content (AvgIpc) is 2.64. The lowest BCUT2D eigenvalue weighted by atomic mass is 9.90. The molecule has 3 aromatic rings. The van der Waals surface area contributed by atoms with Gasteiger partial charge in [0.2, 0.25) is 0 Å². The second kappa shape index (κ2) is 6.44. The molecule has 4 rings (SSSR count). The van der Waals surface area contributed by atoms with Crippen LogP contribution in [0.2, 0.25) is 0 Å². The van der Waals surface area contributed by atoms with Gasteiger partial charge in [0.25, 0.3) is 0 Å². The number of hydrogen-bond donors (Lipinski definition) is 3. The van der Waals surface area contributed by atoms with Gasteiger partial charge in [-0.3, -0.25) is 0 Å². The van der Waals surface area contributed by atoms with E-state index in [0.29, 0.717) is 23.1 Å². The lowest BCUT2D eigenvalue weighted by molar-refractivity contribution is -0.0593. The number of ether oxygens (including phenoxy) is 2. The number of hydrogen-bond acceptors (Lipinski definition) is 8. The zero-order valence-corrected chi connectivity index (χ0v) is 15.6. The minimum Gasteiger partial charge on any atom is -0.504 e. The summed E-state index contributed by atoms with van der Waals surface area (Å²) in [6.45, 7) is 3.51. The molecular formula is C21H18O8. The molecular weight excluding hydrogens is 380 g/mol. The smallest absolute Gasteiger partial charge is 0.338 e. The van der Waals surface area contributed by atoms with Crippen LogP contribution in [-0.4, -0.2) is 33.0 Å². The quantitative estimate of drug-likeness (QED) is 0.342. The van der Waals surface area contributed by atoms with Gasteiger partial charge < -0.3 is 29.2 Å². The Hall–Kier alpha value is -3.68. The summed E-state index contributed by atoms with van der Waals surface area (Å²) in [5, 5.41) is 29.4. The van der Waals surface area contributed by atoms with Gasteiger partial charge in [0.05, 0.1) is 5.56 Å². The Balaban J connectivity index is 1.65. The highest BCUT2D eigenvalue weighted by Crippen LogP contribution is 2.39. The first-order chi connectivity index (χ1) is 13.6. The van der Waals surface area contributed by atoms with Gasteiger partial charge in [-0.15, -0.1) is 0 Å². The number of carbonyl (C=O) groups excluding carboxylic acids is 1. The van der Waals surface area contributed by atoms with Crippen LogP contribution in [0.1, 0.15) is 29.8 Å². The minimum absolute atomic E-state index is 0.111. The van der Waals surface area contributed by atoms with Crippen molar-refractivity contribution in [3.05, 3.63) is 57.9 Å². The molecule has 29 heavy (non-hydrogen) atoms. The molecule has 150 valence electrons. The van der Waals surface area contributed by atoms with Crippen molar-refractivity contribution < 1.29 is 34.0 Å². The lowest BCUT2D eigenvalue weighted by Gasteiger charge is -2.39. The molecule has 0 bridgehead atoms. The Morgan fingerprint density at radius 1 is 1.10 bits per heavy atom. The maximum absolute atomic E-state index is 12.5. The highest BCUT2D eigenvalue weighted by molar-refractivity contribution is 5.91. The number of phenolic OH excluding ortho intramolecular Hbond substituents is 3. The predicted molar refractivity (Wildman–Crippen MR) is 102 cm³/mol. The Kier molecular flexibility index (Phi) is 4.15. The second-order valence-electron chi connectivity index (χ2n) is 7.42. The van der Waals surface area contributed by atoms with Crippen LogP contribution in [0.4, 0.5) is 0 Å². The van der Waals surface area contributed by atoms with Crippen LogP contribution in [0, 0.1) is 0 Å². The van der Waals surface area contributed by atoms with E-state index >= 15 is 0 Å². The van der Waals surface area contributed by atoms with E-state index in [-0.39, 0.29) is 5.56 Å². The molecule has 0 amide bonds. The molecule has 3 N–H and O–H groups in total. The molecule has 1 unspecified atom stereocenters. The summed E-state index contributed by atoms with van der Waals surface area (Å²) in [5.41, 5.74) is -0.288. The van der Waals surface area contributed by atoms with Crippen LogP contribution < -0.4 is 10.4 Å². The van der Waals surface area contributed by atoms with Crippen LogP contribution in [0.3, 0.4) is 0 Å². The van der Waals surface area contributed by atoms with Crippen LogP contribution in [0.25, 0.3) is 11.0 Å². The fourth-order valence-electron chi connectivity index (χ4n) is 3.30. The largest absolute Gasteiger partial charge is 0.504 e. The van der Waals surface area contributed by atoms with Crippen LogP contribution in [-0.2, 0) is 11.2 Å². The predicted octanol–water partition coefficient (Wildman–Crippen LogP) is 2.85. The molecule has 1 aromatic heterocycles. The van der Waals surface area contributed by atoms with Crippen molar-refractivity contribution in [3.63, 3.8) is 0 Å². The van der Waals surface area contributed by atoms with Gasteiger partial charge in [-0.2, -0.15) is 0 Å². The van der Waals surface area contributed by atoms with Crippen molar-refractivity contribution in [2.45, 2.75) is 32.0 Å². The first kappa shape index (κ1) is 18.7. The summed E-state index contributed by atoms with van der Waals surface area (Å²) in [7, 11) is 0. The third-order valence-corrected chi connectivity index (χ3v) is 4.91. The summed E-state index contributed by atoms with van der Waals surface area (Å²) in [6, 6.07) is 8.44. The number of phenols is 3. The van der Waals surface area contributed by atoms with E-state index in [1.54, 1.807) is 26.0 Å². The Labute approximate surface area is 164 Å². The SMILES string of the molecule is CC1(C)Oc2cc3oc(=O)ccc3cc2CC1OC(=O)c1cc(O)c(O)c(O)c1. The number of aromatic hydroxyl groups is 3. The van der Waals surface area contributed by atoms with E-state index in [9.17, 15) is 24.9 Å².